The van der Waals surface area contributed by atoms with Gasteiger partial charge < -0.3 is 9.84 Å². The summed E-state index contributed by atoms with van der Waals surface area (Å²) in [4.78, 5) is 16.8. The smallest absolute Gasteiger partial charge is 0.221 e. The van der Waals surface area contributed by atoms with Crippen molar-refractivity contribution in [2.75, 3.05) is 0 Å². The fourth-order valence-electron chi connectivity index (χ4n) is 2.25. The highest BCUT2D eigenvalue weighted by atomic mass is 32.1. The highest BCUT2D eigenvalue weighted by molar-refractivity contribution is 7.09. The molecule has 0 unspecified atom stereocenters. The normalized spacial score (nSPS) is 12.2. The van der Waals surface area contributed by atoms with E-state index in [0.29, 0.717) is 12.8 Å². The number of carbonyl (C=O) groups is 1. The molecule has 3 heterocycles. The Kier molecular flexibility index (Phi) is 5.19. The summed E-state index contributed by atoms with van der Waals surface area (Å²) in [6.07, 6.45) is 3.27. The fourth-order valence-corrected chi connectivity index (χ4v) is 3.78. The number of hydrogen-bond acceptors (Lipinski definition) is 6. The van der Waals surface area contributed by atoms with Crippen molar-refractivity contribution in [3.05, 3.63) is 56.5 Å². The van der Waals surface area contributed by atoms with Crippen LogP contribution in [0.3, 0.4) is 0 Å². The summed E-state index contributed by atoms with van der Waals surface area (Å²) in [6.45, 7) is 1.97. The molecule has 0 aliphatic heterocycles. The van der Waals surface area contributed by atoms with Gasteiger partial charge in [0.1, 0.15) is 10.8 Å². The highest BCUT2D eigenvalue weighted by Crippen LogP contribution is 2.23. The Labute approximate surface area is 142 Å². The number of amides is 1. The number of aromatic nitrogens is 2. The standard InChI is InChI=1S/C16H17N3O2S2/c1-11-9-23-16(18-11)14(8-12-5-7-22-10-12)19-15(20)3-2-13-4-6-17-21-13/h4-7,9-10,14H,2-3,8H2,1H3,(H,19,20)/t14-/m0/s1. The molecule has 0 radical (unpaired) electrons. The molecule has 0 saturated heterocycles. The Morgan fingerprint density at radius 2 is 2.30 bits per heavy atom. The van der Waals surface area contributed by atoms with E-state index in [1.807, 2.05) is 17.7 Å². The first-order valence-electron chi connectivity index (χ1n) is 7.33. The van der Waals surface area contributed by atoms with Crippen LogP contribution in [0.15, 0.2) is 39.0 Å². The van der Waals surface area contributed by atoms with E-state index in [1.54, 1.807) is 34.9 Å². The van der Waals surface area contributed by atoms with Crippen molar-refractivity contribution in [3.8, 4) is 0 Å². The number of nitrogens with one attached hydrogen (secondary N) is 1. The van der Waals surface area contributed by atoms with Gasteiger partial charge in [0.2, 0.25) is 5.91 Å². The second kappa shape index (κ2) is 7.52. The van der Waals surface area contributed by atoms with Gasteiger partial charge in [-0.1, -0.05) is 5.16 Å². The van der Waals surface area contributed by atoms with Gasteiger partial charge in [-0.15, -0.1) is 11.3 Å². The Morgan fingerprint density at radius 3 is 2.96 bits per heavy atom. The molecule has 5 nitrogen and oxygen atoms in total. The molecule has 3 aromatic rings. The molecule has 7 heteroatoms. The predicted molar refractivity (Wildman–Crippen MR) is 90.6 cm³/mol. The molecule has 1 N–H and O–H groups in total. The van der Waals surface area contributed by atoms with Crippen LogP contribution in [0.5, 0.6) is 0 Å². The molecule has 0 aliphatic rings. The first kappa shape index (κ1) is 15.9. The summed E-state index contributed by atoms with van der Waals surface area (Å²) in [5, 5.41) is 13.9. The predicted octanol–water partition coefficient (Wildman–Crippen LogP) is 3.53. The van der Waals surface area contributed by atoms with Crippen molar-refractivity contribution in [2.24, 2.45) is 0 Å². The van der Waals surface area contributed by atoms with Gasteiger partial charge in [0.05, 0.1) is 12.2 Å². The summed E-state index contributed by atoms with van der Waals surface area (Å²) in [6, 6.07) is 3.77. The van der Waals surface area contributed by atoms with E-state index in [4.69, 9.17) is 4.52 Å². The highest BCUT2D eigenvalue weighted by Gasteiger charge is 2.19. The molecule has 0 bridgehead atoms. The summed E-state index contributed by atoms with van der Waals surface area (Å²) in [5.74, 6) is 0.717. The monoisotopic (exact) mass is 347 g/mol. The van der Waals surface area contributed by atoms with Crippen molar-refractivity contribution in [1.82, 2.24) is 15.5 Å². The van der Waals surface area contributed by atoms with Gasteiger partial charge in [-0.05, 0) is 29.3 Å². The first-order valence-corrected chi connectivity index (χ1v) is 9.15. The molecule has 1 amide bonds. The summed E-state index contributed by atoms with van der Waals surface area (Å²) >= 11 is 3.25. The van der Waals surface area contributed by atoms with Crippen LogP contribution in [-0.2, 0) is 17.6 Å². The van der Waals surface area contributed by atoms with Crippen molar-refractivity contribution in [2.45, 2.75) is 32.2 Å². The minimum Gasteiger partial charge on any atom is -0.361 e. The SMILES string of the molecule is Cc1csc([C@H](Cc2ccsc2)NC(=O)CCc2ccno2)n1. The molecule has 1 atom stereocenters. The van der Waals surface area contributed by atoms with Crippen molar-refractivity contribution < 1.29 is 9.32 Å². The minimum atomic E-state index is -0.0921. The maximum atomic E-state index is 12.3. The van der Waals surface area contributed by atoms with Crippen molar-refractivity contribution in [3.63, 3.8) is 0 Å². The van der Waals surface area contributed by atoms with Crippen LogP contribution in [0.4, 0.5) is 0 Å². The molecule has 120 valence electrons. The third-order valence-electron chi connectivity index (χ3n) is 3.38. The molecule has 0 fully saturated rings. The summed E-state index contributed by atoms with van der Waals surface area (Å²) in [5.41, 5.74) is 2.19. The first-order chi connectivity index (χ1) is 11.2. The van der Waals surface area contributed by atoms with Gasteiger partial charge in [0.15, 0.2) is 0 Å². The molecular formula is C16H17N3O2S2. The Bertz CT molecular complexity index is 735. The van der Waals surface area contributed by atoms with Crippen LogP contribution < -0.4 is 5.32 Å². The molecule has 0 aromatic carbocycles. The average Bonchev–Trinajstić information content (AvgIpc) is 3.27. The zero-order valence-electron chi connectivity index (χ0n) is 12.7. The van der Waals surface area contributed by atoms with Crippen molar-refractivity contribution >= 4 is 28.6 Å². The lowest BCUT2D eigenvalue weighted by atomic mass is 10.1. The van der Waals surface area contributed by atoms with Crippen molar-refractivity contribution in [1.29, 1.82) is 0 Å². The lowest BCUT2D eigenvalue weighted by Crippen LogP contribution is -2.30. The molecule has 0 saturated carbocycles. The van der Waals surface area contributed by atoms with Gasteiger partial charge in [0.25, 0.3) is 0 Å². The Balaban J connectivity index is 1.64. The van der Waals surface area contributed by atoms with Gasteiger partial charge in [-0.25, -0.2) is 4.98 Å². The molecule has 3 rings (SSSR count). The zero-order chi connectivity index (χ0) is 16.1. The Morgan fingerprint density at radius 1 is 1.39 bits per heavy atom. The van der Waals surface area contributed by atoms with Crippen LogP contribution >= 0.6 is 22.7 Å². The van der Waals surface area contributed by atoms with Gasteiger partial charge in [-0.3, -0.25) is 4.79 Å². The summed E-state index contributed by atoms with van der Waals surface area (Å²) < 4.78 is 5.02. The minimum absolute atomic E-state index is 0.00511. The van der Waals surface area contributed by atoms with Crippen LogP contribution in [-0.4, -0.2) is 16.0 Å². The average molecular weight is 347 g/mol. The zero-order valence-corrected chi connectivity index (χ0v) is 14.3. The van der Waals surface area contributed by atoms with Gasteiger partial charge in [0, 0.05) is 36.4 Å². The second-order valence-electron chi connectivity index (χ2n) is 5.26. The van der Waals surface area contributed by atoms with Crippen LogP contribution in [0.1, 0.15) is 34.5 Å². The number of hydrogen-bond donors (Lipinski definition) is 1. The van der Waals surface area contributed by atoms with Crippen LogP contribution in [0, 0.1) is 6.92 Å². The lowest BCUT2D eigenvalue weighted by molar-refractivity contribution is -0.121. The van der Waals surface area contributed by atoms with E-state index in [2.05, 4.69) is 26.9 Å². The molecule has 3 aromatic heterocycles. The number of thiophene rings is 1. The van der Waals surface area contributed by atoms with E-state index in [1.165, 1.54) is 5.56 Å². The Hall–Kier alpha value is -1.99. The van der Waals surface area contributed by atoms with E-state index in [0.717, 1.165) is 22.9 Å². The molecular weight excluding hydrogens is 330 g/mol. The van der Waals surface area contributed by atoms with Gasteiger partial charge >= 0.3 is 0 Å². The quantitative estimate of drug-likeness (QED) is 0.710. The fraction of sp³-hybridized carbons (Fsp3) is 0.312. The molecule has 0 aliphatic carbocycles. The van der Waals surface area contributed by atoms with E-state index < -0.39 is 0 Å². The van der Waals surface area contributed by atoms with Gasteiger partial charge in [-0.2, -0.15) is 11.3 Å². The van der Waals surface area contributed by atoms with E-state index in [9.17, 15) is 4.79 Å². The van der Waals surface area contributed by atoms with Crippen LogP contribution in [0.2, 0.25) is 0 Å². The number of carbonyl (C=O) groups excluding carboxylic acids is 1. The number of nitrogens with zero attached hydrogens (tertiary/aromatic N) is 2. The second-order valence-corrected chi connectivity index (χ2v) is 6.93. The van der Waals surface area contributed by atoms with E-state index in [-0.39, 0.29) is 11.9 Å². The topological polar surface area (TPSA) is 68.0 Å². The van der Waals surface area contributed by atoms with Crippen LogP contribution in [0.25, 0.3) is 0 Å². The number of aryl methyl sites for hydroxylation is 2. The summed E-state index contributed by atoms with van der Waals surface area (Å²) in [7, 11) is 0. The van der Waals surface area contributed by atoms with E-state index >= 15 is 0 Å². The number of thiazole rings is 1. The largest absolute Gasteiger partial charge is 0.361 e. The number of rotatable bonds is 7. The third kappa shape index (κ3) is 4.49. The maximum absolute atomic E-state index is 12.3. The molecule has 23 heavy (non-hydrogen) atoms. The lowest BCUT2D eigenvalue weighted by Gasteiger charge is -2.16. The third-order valence-corrected chi connectivity index (χ3v) is 5.19. The molecule has 0 spiro atoms. The maximum Gasteiger partial charge on any atom is 0.221 e.